The van der Waals surface area contributed by atoms with Crippen molar-refractivity contribution in [2.45, 2.75) is 10.9 Å². The van der Waals surface area contributed by atoms with Crippen LogP contribution in [0.1, 0.15) is 11.8 Å². The van der Waals surface area contributed by atoms with Gasteiger partial charge in [-0.15, -0.1) is 0 Å². The number of hydrogen-bond acceptors (Lipinski definition) is 5. The van der Waals surface area contributed by atoms with Crippen LogP contribution in [0, 0.1) is 0 Å². The first-order valence-electron chi connectivity index (χ1n) is 6.57. The van der Waals surface area contributed by atoms with E-state index in [1.165, 1.54) is 17.1 Å². The number of nitrogens with zero attached hydrogens (tertiary/aromatic N) is 4. The lowest BCUT2D eigenvalue weighted by molar-refractivity contribution is 0.402. The molecule has 1 N–H and O–H groups in total. The lowest BCUT2D eigenvalue weighted by Crippen LogP contribution is -2.31. The molecule has 3 aromatic rings. The fourth-order valence-corrected chi connectivity index (χ4v) is 3.10. The van der Waals surface area contributed by atoms with Gasteiger partial charge in [0.1, 0.15) is 16.7 Å². The Morgan fingerprint density at radius 1 is 1.36 bits per heavy atom. The minimum Gasteiger partial charge on any atom is -0.467 e. The quantitative estimate of drug-likeness (QED) is 0.724. The summed E-state index contributed by atoms with van der Waals surface area (Å²) < 4.78 is 35.6. The largest absolute Gasteiger partial charge is 0.467 e. The smallest absolute Gasteiger partial charge is 0.243 e. The molecule has 0 bridgehead atoms. The Morgan fingerprint density at radius 2 is 2.23 bits per heavy atom. The Hall–Kier alpha value is -2.39. The highest BCUT2D eigenvalue weighted by Gasteiger charge is 2.22. The highest BCUT2D eigenvalue weighted by atomic mass is 32.2. The highest BCUT2D eigenvalue weighted by molar-refractivity contribution is 7.89. The average Bonchev–Trinajstić information content (AvgIpc) is 3.20. The summed E-state index contributed by atoms with van der Waals surface area (Å²) in [7, 11) is -1.97. The summed E-state index contributed by atoms with van der Waals surface area (Å²) in [5, 5.41) is 8.03. The number of furan rings is 1. The summed E-state index contributed by atoms with van der Waals surface area (Å²) in [6.07, 6.45) is 7.68. The minimum atomic E-state index is -3.63. The van der Waals surface area contributed by atoms with Crippen LogP contribution in [0.4, 0.5) is 0 Å². The Kier molecular flexibility index (Phi) is 3.82. The molecular formula is C13H15N5O3S. The van der Waals surface area contributed by atoms with E-state index in [2.05, 4.69) is 14.9 Å². The van der Waals surface area contributed by atoms with E-state index in [1.54, 1.807) is 48.6 Å². The van der Waals surface area contributed by atoms with E-state index < -0.39 is 10.0 Å². The van der Waals surface area contributed by atoms with Crippen molar-refractivity contribution >= 4 is 10.0 Å². The molecule has 0 aliphatic rings. The number of hydrogen-bond donors (Lipinski definition) is 1. The summed E-state index contributed by atoms with van der Waals surface area (Å²) in [4.78, 5) is 0.119. The van der Waals surface area contributed by atoms with Gasteiger partial charge < -0.3 is 4.42 Å². The zero-order valence-corrected chi connectivity index (χ0v) is 12.6. The van der Waals surface area contributed by atoms with Gasteiger partial charge in [-0.2, -0.15) is 10.2 Å². The molecule has 8 nitrogen and oxygen atoms in total. The van der Waals surface area contributed by atoms with Crippen LogP contribution in [0.5, 0.6) is 0 Å². The molecule has 3 heterocycles. The van der Waals surface area contributed by atoms with Gasteiger partial charge >= 0.3 is 0 Å². The van der Waals surface area contributed by atoms with E-state index in [-0.39, 0.29) is 17.5 Å². The number of aromatic nitrogens is 4. The normalized spacial score (nSPS) is 13.3. The fraction of sp³-hybridized carbons (Fsp3) is 0.231. The number of sulfonamides is 1. The monoisotopic (exact) mass is 321 g/mol. The molecule has 22 heavy (non-hydrogen) atoms. The molecule has 0 spiro atoms. The van der Waals surface area contributed by atoms with Gasteiger partial charge in [-0.05, 0) is 18.2 Å². The summed E-state index contributed by atoms with van der Waals surface area (Å²) in [6, 6.07) is 4.94. The number of rotatable bonds is 6. The zero-order valence-electron chi connectivity index (χ0n) is 11.8. The van der Waals surface area contributed by atoms with Gasteiger partial charge in [-0.3, -0.25) is 9.36 Å². The summed E-state index contributed by atoms with van der Waals surface area (Å²) in [5.74, 6) is 0.623. The summed E-state index contributed by atoms with van der Waals surface area (Å²) in [6.45, 7) is 0.117. The Labute approximate surface area is 127 Å². The van der Waals surface area contributed by atoms with Gasteiger partial charge in [0.2, 0.25) is 10.0 Å². The van der Waals surface area contributed by atoms with E-state index in [1.807, 2.05) is 0 Å². The van der Waals surface area contributed by atoms with Gasteiger partial charge in [-0.25, -0.2) is 13.1 Å². The lowest BCUT2D eigenvalue weighted by atomic mass is 10.2. The van der Waals surface area contributed by atoms with E-state index in [0.717, 1.165) is 0 Å². The van der Waals surface area contributed by atoms with Crippen LogP contribution in [0.25, 0.3) is 0 Å². The molecule has 9 heteroatoms. The molecule has 3 rings (SSSR count). The third-order valence-electron chi connectivity index (χ3n) is 3.17. The van der Waals surface area contributed by atoms with Crippen LogP contribution in [-0.2, 0) is 17.1 Å². The van der Waals surface area contributed by atoms with Crippen LogP contribution < -0.4 is 4.72 Å². The molecule has 0 aliphatic carbocycles. The molecule has 0 saturated carbocycles. The van der Waals surface area contributed by atoms with Crippen molar-refractivity contribution in [2.75, 3.05) is 6.54 Å². The molecule has 0 aromatic carbocycles. The lowest BCUT2D eigenvalue weighted by Gasteiger charge is -2.15. The maximum absolute atomic E-state index is 12.3. The molecule has 1 unspecified atom stereocenters. The van der Waals surface area contributed by atoms with E-state index in [4.69, 9.17) is 4.42 Å². The van der Waals surface area contributed by atoms with Crippen molar-refractivity contribution in [2.24, 2.45) is 7.05 Å². The van der Waals surface area contributed by atoms with Gasteiger partial charge in [0, 0.05) is 32.2 Å². The highest BCUT2D eigenvalue weighted by Crippen LogP contribution is 2.18. The minimum absolute atomic E-state index is 0.117. The molecule has 0 aliphatic heterocycles. The second-order valence-corrected chi connectivity index (χ2v) is 6.49. The number of nitrogens with one attached hydrogen (secondary N) is 1. The standard InChI is InChI=1S/C13H15N5O3S/c1-17-10-11(8-15-17)22(19,20)16-9-12(13-4-2-7-21-13)18-6-3-5-14-18/h2-8,10,12,16H,9H2,1H3. The maximum Gasteiger partial charge on any atom is 0.243 e. The van der Waals surface area contributed by atoms with Crippen LogP contribution >= 0.6 is 0 Å². The molecule has 0 amide bonds. The van der Waals surface area contributed by atoms with E-state index >= 15 is 0 Å². The molecule has 1 atom stereocenters. The molecule has 0 radical (unpaired) electrons. The average molecular weight is 321 g/mol. The molecule has 3 aromatic heterocycles. The Bertz CT molecular complexity index is 787. The fourth-order valence-electron chi connectivity index (χ4n) is 2.08. The van der Waals surface area contributed by atoms with Crippen LogP contribution in [-0.4, -0.2) is 34.5 Å². The predicted molar refractivity (Wildman–Crippen MR) is 77.5 cm³/mol. The van der Waals surface area contributed by atoms with Gasteiger partial charge in [0.15, 0.2) is 0 Å². The van der Waals surface area contributed by atoms with Gasteiger partial charge in [0.25, 0.3) is 0 Å². The van der Waals surface area contributed by atoms with Crippen LogP contribution in [0.2, 0.25) is 0 Å². The third-order valence-corrected chi connectivity index (χ3v) is 4.55. The van der Waals surface area contributed by atoms with Crippen LogP contribution in [0.15, 0.2) is 58.6 Å². The van der Waals surface area contributed by atoms with E-state index in [9.17, 15) is 8.42 Å². The summed E-state index contributed by atoms with van der Waals surface area (Å²) in [5.41, 5.74) is 0. The Balaban J connectivity index is 1.80. The van der Waals surface area contributed by atoms with Crippen molar-refractivity contribution in [3.8, 4) is 0 Å². The van der Waals surface area contributed by atoms with Crippen LogP contribution in [0.3, 0.4) is 0 Å². The van der Waals surface area contributed by atoms with Crippen molar-refractivity contribution < 1.29 is 12.8 Å². The molecular weight excluding hydrogens is 306 g/mol. The third kappa shape index (κ3) is 2.95. The Morgan fingerprint density at radius 3 is 2.82 bits per heavy atom. The topological polar surface area (TPSA) is 95.0 Å². The van der Waals surface area contributed by atoms with Gasteiger partial charge in [-0.1, -0.05) is 0 Å². The zero-order chi connectivity index (χ0) is 15.6. The second-order valence-electron chi connectivity index (χ2n) is 4.72. The predicted octanol–water partition coefficient (Wildman–Crippen LogP) is 0.777. The van der Waals surface area contributed by atoms with Crippen molar-refractivity contribution in [3.63, 3.8) is 0 Å². The molecule has 116 valence electrons. The van der Waals surface area contributed by atoms with E-state index in [0.29, 0.717) is 5.76 Å². The SMILES string of the molecule is Cn1cc(S(=O)(=O)NCC(c2ccco2)n2cccn2)cn1. The number of aryl methyl sites for hydroxylation is 1. The second kappa shape index (κ2) is 5.78. The molecule has 0 fully saturated rings. The summed E-state index contributed by atoms with van der Waals surface area (Å²) >= 11 is 0. The molecule has 0 saturated heterocycles. The maximum atomic E-state index is 12.3. The first-order chi connectivity index (χ1) is 10.6. The van der Waals surface area contributed by atoms with Crippen molar-refractivity contribution in [3.05, 3.63) is 55.0 Å². The van der Waals surface area contributed by atoms with Gasteiger partial charge in [0.05, 0.1) is 12.5 Å². The first kappa shape index (κ1) is 14.5. The first-order valence-corrected chi connectivity index (χ1v) is 8.05. The van der Waals surface area contributed by atoms with Crippen molar-refractivity contribution in [1.29, 1.82) is 0 Å². The van der Waals surface area contributed by atoms with Crippen molar-refractivity contribution in [1.82, 2.24) is 24.3 Å².